The van der Waals surface area contributed by atoms with Crippen LogP contribution in [-0.2, 0) is 4.79 Å². The largest absolute Gasteiger partial charge is 0.548 e. The van der Waals surface area contributed by atoms with Crippen LogP contribution in [0.5, 0.6) is 5.75 Å². The minimum absolute atomic E-state index is 0.327. The van der Waals surface area contributed by atoms with Gasteiger partial charge in [-0.1, -0.05) is 12.1 Å². The van der Waals surface area contributed by atoms with Crippen LogP contribution in [0.25, 0.3) is 0 Å². The number of hydrogen-bond donors (Lipinski definition) is 2. The van der Waals surface area contributed by atoms with Crippen LogP contribution in [0.4, 0.5) is 0 Å². The average molecular weight is 294 g/mol. The minimum Gasteiger partial charge on any atom is -0.548 e. The SMILES string of the molecule is CC[NH+](CC)CCOc1ccccc1C(=O)NCC(=O)[O-]. The summed E-state index contributed by atoms with van der Waals surface area (Å²) in [5.74, 6) is -1.35. The number of rotatable bonds is 9. The third-order valence-electron chi connectivity index (χ3n) is 3.24. The van der Waals surface area contributed by atoms with E-state index in [4.69, 9.17) is 4.74 Å². The molecule has 0 spiro atoms. The van der Waals surface area contributed by atoms with Crippen LogP contribution >= 0.6 is 0 Å². The summed E-state index contributed by atoms with van der Waals surface area (Å²) in [6, 6.07) is 6.78. The molecule has 0 aliphatic heterocycles. The molecule has 2 N–H and O–H groups in total. The van der Waals surface area contributed by atoms with Crippen molar-refractivity contribution in [3.63, 3.8) is 0 Å². The van der Waals surface area contributed by atoms with E-state index in [1.165, 1.54) is 4.90 Å². The Morgan fingerprint density at radius 3 is 2.52 bits per heavy atom. The fraction of sp³-hybridized carbons (Fsp3) is 0.467. The lowest BCUT2D eigenvalue weighted by molar-refractivity contribution is -0.896. The van der Waals surface area contributed by atoms with Gasteiger partial charge < -0.3 is 24.9 Å². The Morgan fingerprint density at radius 1 is 1.24 bits per heavy atom. The van der Waals surface area contributed by atoms with Gasteiger partial charge in [-0.15, -0.1) is 0 Å². The van der Waals surface area contributed by atoms with E-state index in [2.05, 4.69) is 19.2 Å². The number of ether oxygens (including phenoxy) is 1. The van der Waals surface area contributed by atoms with Crippen molar-refractivity contribution in [2.75, 3.05) is 32.8 Å². The first-order chi connectivity index (χ1) is 10.1. The molecule has 0 bridgehead atoms. The number of benzene rings is 1. The predicted molar refractivity (Wildman–Crippen MR) is 76.2 cm³/mol. The summed E-state index contributed by atoms with van der Waals surface area (Å²) in [6.45, 7) is 7.10. The van der Waals surface area contributed by atoms with E-state index in [-0.39, 0.29) is 0 Å². The molecule has 0 saturated carbocycles. The quantitative estimate of drug-likeness (QED) is 0.579. The second-order valence-corrected chi connectivity index (χ2v) is 4.61. The number of nitrogens with one attached hydrogen (secondary N) is 2. The second-order valence-electron chi connectivity index (χ2n) is 4.61. The Bertz CT molecular complexity index is 472. The van der Waals surface area contributed by atoms with E-state index in [0.29, 0.717) is 17.9 Å². The number of hydrogen-bond acceptors (Lipinski definition) is 4. The van der Waals surface area contributed by atoms with Crippen LogP contribution in [0.1, 0.15) is 24.2 Å². The van der Waals surface area contributed by atoms with Gasteiger partial charge in [0.2, 0.25) is 0 Å². The standard InChI is InChI=1S/C15H22N2O4/c1-3-17(4-2)9-10-21-13-8-6-5-7-12(13)15(20)16-11-14(18)19/h5-8H,3-4,9-11H2,1-2H3,(H,16,20)(H,18,19). The molecule has 1 amide bonds. The minimum atomic E-state index is -1.33. The van der Waals surface area contributed by atoms with Crippen molar-refractivity contribution in [3.8, 4) is 5.75 Å². The second kappa shape index (κ2) is 8.97. The van der Waals surface area contributed by atoms with E-state index in [9.17, 15) is 14.7 Å². The van der Waals surface area contributed by atoms with Crippen LogP contribution in [0.2, 0.25) is 0 Å². The van der Waals surface area contributed by atoms with Crippen molar-refractivity contribution in [3.05, 3.63) is 29.8 Å². The number of para-hydroxylation sites is 1. The van der Waals surface area contributed by atoms with Gasteiger partial charge in [-0.3, -0.25) is 4.79 Å². The monoisotopic (exact) mass is 294 g/mol. The lowest BCUT2D eigenvalue weighted by Gasteiger charge is -2.16. The highest BCUT2D eigenvalue weighted by Gasteiger charge is 2.12. The third kappa shape index (κ3) is 5.83. The molecule has 21 heavy (non-hydrogen) atoms. The number of carbonyl (C=O) groups excluding carboxylic acids is 2. The maximum absolute atomic E-state index is 11.9. The zero-order chi connectivity index (χ0) is 15.7. The number of carboxylic acids is 1. The Hall–Kier alpha value is -2.08. The molecule has 0 aromatic heterocycles. The number of carbonyl (C=O) groups is 2. The van der Waals surface area contributed by atoms with Crippen LogP contribution < -0.4 is 20.1 Å². The van der Waals surface area contributed by atoms with Gasteiger partial charge >= 0.3 is 0 Å². The highest BCUT2D eigenvalue weighted by atomic mass is 16.5. The summed E-state index contributed by atoms with van der Waals surface area (Å²) in [7, 11) is 0. The van der Waals surface area contributed by atoms with Crippen LogP contribution in [0, 0.1) is 0 Å². The number of amides is 1. The highest BCUT2D eigenvalue weighted by Crippen LogP contribution is 2.17. The molecule has 1 aromatic carbocycles. The van der Waals surface area contributed by atoms with Crippen LogP contribution in [-0.4, -0.2) is 44.7 Å². The number of aliphatic carboxylic acids is 1. The summed E-state index contributed by atoms with van der Waals surface area (Å²) in [6.07, 6.45) is 0. The Morgan fingerprint density at radius 2 is 1.90 bits per heavy atom. The van der Waals surface area contributed by atoms with Gasteiger partial charge in [-0.05, 0) is 26.0 Å². The molecular weight excluding hydrogens is 272 g/mol. The van der Waals surface area contributed by atoms with Crippen molar-refractivity contribution in [1.29, 1.82) is 0 Å². The molecule has 0 saturated heterocycles. The first kappa shape index (κ1) is 17.0. The fourth-order valence-electron chi connectivity index (χ4n) is 1.94. The smallest absolute Gasteiger partial charge is 0.255 e. The van der Waals surface area contributed by atoms with Crippen LogP contribution in [0.3, 0.4) is 0 Å². The van der Waals surface area contributed by atoms with Gasteiger partial charge in [0, 0.05) is 0 Å². The molecule has 1 rings (SSSR count). The molecule has 0 aliphatic carbocycles. The molecule has 6 heteroatoms. The summed E-state index contributed by atoms with van der Waals surface area (Å²) in [5, 5.41) is 12.6. The normalized spacial score (nSPS) is 10.4. The molecule has 0 heterocycles. The summed E-state index contributed by atoms with van der Waals surface area (Å²) >= 11 is 0. The number of carboxylic acid groups (broad SMARTS) is 1. The molecule has 0 unspecified atom stereocenters. The van der Waals surface area contributed by atoms with Crippen molar-refractivity contribution in [1.82, 2.24) is 5.32 Å². The van der Waals surface area contributed by atoms with E-state index < -0.39 is 18.4 Å². The maximum Gasteiger partial charge on any atom is 0.255 e. The molecule has 0 fully saturated rings. The summed E-state index contributed by atoms with van der Waals surface area (Å²) < 4.78 is 5.65. The molecule has 1 aromatic rings. The zero-order valence-electron chi connectivity index (χ0n) is 12.5. The van der Waals surface area contributed by atoms with Gasteiger partial charge in [0.05, 0.1) is 31.2 Å². The van der Waals surface area contributed by atoms with Gasteiger partial charge in [0.25, 0.3) is 5.91 Å². The third-order valence-corrected chi connectivity index (χ3v) is 3.24. The van der Waals surface area contributed by atoms with Crippen molar-refractivity contribution in [2.24, 2.45) is 0 Å². The lowest BCUT2D eigenvalue weighted by atomic mass is 10.2. The van der Waals surface area contributed by atoms with E-state index in [1.54, 1.807) is 24.3 Å². The fourth-order valence-corrected chi connectivity index (χ4v) is 1.94. The molecule has 6 nitrogen and oxygen atoms in total. The Labute approximate surface area is 124 Å². The lowest BCUT2D eigenvalue weighted by Crippen LogP contribution is -3.12. The first-order valence-electron chi connectivity index (χ1n) is 7.11. The van der Waals surface area contributed by atoms with Gasteiger partial charge in [0.15, 0.2) is 0 Å². The van der Waals surface area contributed by atoms with Crippen molar-refractivity contribution in [2.45, 2.75) is 13.8 Å². The van der Waals surface area contributed by atoms with Crippen molar-refractivity contribution >= 4 is 11.9 Å². The Kier molecular flexibility index (Phi) is 7.25. The van der Waals surface area contributed by atoms with E-state index in [0.717, 1.165) is 19.6 Å². The molecule has 0 aliphatic rings. The number of quaternary nitrogens is 1. The van der Waals surface area contributed by atoms with Gasteiger partial charge in [-0.2, -0.15) is 0 Å². The Balaban J connectivity index is 2.62. The summed E-state index contributed by atoms with van der Waals surface area (Å²) in [4.78, 5) is 23.7. The van der Waals surface area contributed by atoms with Crippen LogP contribution in [0.15, 0.2) is 24.3 Å². The van der Waals surface area contributed by atoms with Gasteiger partial charge in [0.1, 0.15) is 18.9 Å². The summed E-state index contributed by atoms with van der Waals surface area (Å²) in [5.41, 5.74) is 0.327. The molecule has 0 atom stereocenters. The zero-order valence-corrected chi connectivity index (χ0v) is 12.5. The molecular formula is C15H22N2O4. The predicted octanol–water partition coefficient (Wildman–Crippen LogP) is -1.53. The van der Waals surface area contributed by atoms with Gasteiger partial charge in [-0.25, -0.2) is 0 Å². The topological polar surface area (TPSA) is 82.9 Å². The maximum atomic E-state index is 11.9. The highest BCUT2D eigenvalue weighted by molar-refractivity contribution is 5.98. The average Bonchev–Trinajstić information content (AvgIpc) is 2.49. The van der Waals surface area contributed by atoms with E-state index in [1.807, 2.05) is 0 Å². The van der Waals surface area contributed by atoms with E-state index >= 15 is 0 Å². The van der Waals surface area contributed by atoms with Crippen molar-refractivity contribution < 1.29 is 24.3 Å². The molecule has 116 valence electrons. The first-order valence-corrected chi connectivity index (χ1v) is 7.11. The number of likely N-dealkylation sites (N-methyl/N-ethyl adjacent to an activating group) is 1. The molecule has 0 radical (unpaired) electrons.